The van der Waals surface area contributed by atoms with E-state index in [1.54, 1.807) is 30.5 Å². The smallest absolute Gasteiger partial charge is 0.345 e. The third-order valence-electron chi connectivity index (χ3n) is 11.7. The Labute approximate surface area is 274 Å². The molecule has 5 unspecified atom stereocenters. The number of hydrogen-bond acceptors (Lipinski definition) is 10. The number of ether oxygens (including phenoxy) is 4. The first-order chi connectivity index (χ1) is 22.4. The number of aliphatic hydroxyl groups excluding tert-OH is 1. The van der Waals surface area contributed by atoms with E-state index < -0.39 is 58.5 Å². The maximum Gasteiger partial charge on any atom is 0.345 e. The standard InChI is InChI=1S/C37H44N2O8/c1-20(2)29(38)33(42)45-27-18-25-35(3,15-14-26-36(25,4)19-43-34(46-26)21-11-7-6-8-12-21)31-30(40)28-24(47-37(27,31)5)17-23(44-32(28)41)22-13-9-10-16-39-22/h6-13,16-17,20,25-27,29-31,34,40H,14-15,18-19,38H2,1-5H3/t25?,26-,27-,29?,30?,31?,34?,35-,36-,37+/m0/s1. The van der Waals surface area contributed by atoms with Gasteiger partial charge in [-0.25, -0.2) is 4.79 Å². The highest BCUT2D eigenvalue weighted by Crippen LogP contribution is 2.68. The number of carbonyl (C=O) groups is 1. The van der Waals surface area contributed by atoms with Gasteiger partial charge in [0.1, 0.15) is 34.8 Å². The highest BCUT2D eigenvalue weighted by Gasteiger charge is 2.71. The van der Waals surface area contributed by atoms with Gasteiger partial charge in [-0.1, -0.05) is 64.1 Å². The maximum absolute atomic E-state index is 13.6. The average Bonchev–Trinajstić information content (AvgIpc) is 3.05. The van der Waals surface area contributed by atoms with E-state index >= 15 is 0 Å². The fourth-order valence-corrected chi connectivity index (χ4v) is 9.11. The summed E-state index contributed by atoms with van der Waals surface area (Å²) in [6, 6.07) is 15.9. The van der Waals surface area contributed by atoms with Crippen LogP contribution in [0.25, 0.3) is 11.5 Å². The molecule has 47 heavy (non-hydrogen) atoms. The van der Waals surface area contributed by atoms with Crippen molar-refractivity contribution in [3.05, 3.63) is 82.3 Å². The van der Waals surface area contributed by atoms with Crippen LogP contribution in [0.15, 0.2) is 70.0 Å². The zero-order valence-corrected chi connectivity index (χ0v) is 27.6. The molecule has 3 aromatic rings. The van der Waals surface area contributed by atoms with E-state index in [9.17, 15) is 14.7 Å². The number of pyridine rings is 1. The summed E-state index contributed by atoms with van der Waals surface area (Å²) >= 11 is 0. The monoisotopic (exact) mass is 644 g/mol. The van der Waals surface area contributed by atoms with Crippen molar-refractivity contribution in [1.29, 1.82) is 0 Å². The fraction of sp³-hybridized carbons (Fsp3) is 0.541. The van der Waals surface area contributed by atoms with E-state index in [0.29, 0.717) is 25.1 Å². The maximum atomic E-state index is 13.6. The van der Waals surface area contributed by atoms with Crippen molar-refractivity contribution < 1.29 is 33.3 Å². The van der Waals surface area contributed by atoms with Gasteiger partial charge in [0.05, 0.1) is 18.8 Å². The summed E-state index contributed by atoms with van der Waals surface area (Å²) in [6.07, 6.45) is 0.780. The Morgan fingerprint density at radius 3 is 2.53 bits per heavy atom. The van der Waals surface area contributed by atoms with Crippen LogP contribution in [0.1, 0.15) is 77.4 Å². The molecule has 250 valence electrons. The third-order valence-corrected chi connectivity index (χ3v) is 11.7. The van der Waals surface area contributed by atoms with Crippen molar-refractivity contribution in [2.45, 2.75) is 90.1 Å². The Morgan fingerprint density at radius 1 is 1.09 bits per heavy atom. The molecule has 3 N–H and O–H groups in total. The molecule has 2 aromatic heterocycles. The summed E-state index contributed by atoms with van der Waals surface area (Å²) in [5.74, 6) is -1.03. The lowest BCUT2D eigenvalue weighted by atomic mass is 9.42. The quantitative estimate of drug-likeness (QED) is 0.350. The van der Waals surface area contributed by atoms with E-state index in [1.807, 2.05) is 51.1 Å². The van der Waals surface area contributed by atoms with Crippen LogP contribution in [0.3, 0.4) is 0 Å². The van der Waals surface area contributed by atoms with Crippen molar-refractivity contribution in [1.82, 2.24) is 4.98 Å². The van der Waals surface area contributed by atoms with Gasteiger partial charge < -0.3 is 34.2 Å². The molecule has 1 saturated heterocycles. The molecular formula is C37H44N2O8. The number of esters is 1. The van der Waals surface area contributed by atoms with Crippen LogP contribution in [-0.2, 0) is 19.0 Å². The van der Waals surface area contributed by atoms with Gasteiger partial charge in [0.25, 0.3) is 0 Å². The second kappa shape index (κ2) is 11.5. The molecule has 10 atom stereocenters. The number of nitrogens with two attached hydrogens (primary N) is 1. The van der Waals surface area contributed by atoms with Gasteiger partial charge in [-0.05, 0) is 55.6 Å². The van der Waals surface area contributed by atoms with Gasteiger partial charge in [0, 0.05) is 29.2 Å². The summed E-state index contributed by atoms with van der Waals surface area (Å²) in [5, 5.41) is 12.3. The van der Waals surface area contributed by atoms with Crippen LogP contribution < -0.4 is 16.1 Å². The van der Waals surface area contributed by atoms with Gasteiger partial charge >= 0.3 is 11.6 Å². The predicted molar refractivity (Wildman–Crippen MR) is 172 cm³/mol. The Balaban J connectivity index is 1.31. The van der Waals surface area contributed by atoms with Gasteiger partial charge in [-0.3, -0.25) is 9.78 Å². The van der Waals surface area contributed by atoms with Crippen molar-refractivity contribution in [2.24, 2.45) is 34.3 Å². The van der Waals surface area contributed by atoms with E-state index in [4.69, 9.17) is 29.1 Å². The molecule has 4 heterocycles. The third kappa shape index (κ3) is 5.03. The number of benzene rings is 1. The fourth-order valence-electron chi connectivity index (χ4n) is 9.11. The van der Waals surface area contributed by atoms with Crippen LogP contribution >= 0.6 is 0 Å². The zero-order chi connectivity index (χ0) is 33.3. The van der Waals surface area contributed by atoms with Gasteiger partial charge in [-0.2, -0.15) is 0 Å². The topological polar surface area (TPSA) is 143 Å². The Morgan fingerprint density at radius 2 is 1.83 bits per heavy atom. The number of fused-ring (bicyclic) bond motifs is 6. The molecule has 10 heteroatoms. The van der Waals surface area contributed by atoms with Gasteiger partial charge in [-0.15, -0.1) is 0 Å². The summed E-state index contributed by atoms with van der Waals surface area (Å²) in [6.45, 7) is 10.4. The Hall–Kier alpha value is -3.57. The van der Waals surface area contributed by atoms with Crippen molar-refractivity contribution in [3.8, 4) is 17.2 Å². The van der Waals surface area contributed by atoms with E-state index in [2.05, 4.69) is 18.8 Å². The normalized spacial score (nSPS) is 36.6. The second-order valence-corrected chi connectivity index (χ2v) is 14.8. The number of nitrogens with zero attached hydrogens (tertiary/aromatic N) is 1. The van der Waals surface area contributed by atoms with Crippen LogP contribution in [0.5, 0.6) is 5.75 Å². The molecular weight excluding hydrogens is 600 g/mol. The second-order valence-electron chi connectivity index (χ2n) is 14.8. The first-order valence-electron chi connectivity index (χ1n) is 16.6. The average molecular weight is 645 g/mol. The van der Waals surface area contributed by atoms with Gasteiger partial charge in [0.15, 0.2) is 12.1 Å². The van der Waals surface area contributed by atoms with E-state index in [1.165, 1.54) is 0 Å². The minimum absolute atomic E-state index is 0.0607. The number of rotatable bonds is 5. The molecule has 2 aliphatic carbocycles. The minimum atomic E-state index is -1.26. The van der Waals surface area contributed by atoms with Crippen molar-refractivity contribution >= 4 is 5.97 Å². The summed E-state index contributed by atoms with van der Waals surface area (Å²) in [4.78, 5) is 31.4. The summed E-state index contributed by atoms with van der Waals surface area (Å²) in [7, 11) is 0. The molecule has 2 saturated carbocycles. The van der Waals surface area contributed by atoms with Crippen LogP contribution in [0.2, 0.25) is 0 Å². The number of carbonyl (C=O) groups excluding carboxylic acids is 1. The first-order valence-corrected chi connectivity index (χ1v) is 16.6. The molecule has 7 rings (SSSR count). The Kier molecular flexibility index (Phi) is 7.86. The molecule has 2 aliphatic heterocycles. The molecule has 0 radical (unpaired) electrons. The SMILES string of the molecule is CC(C)C(N)C(=O)O[C@H]1CC2[C@](C)(CC[C@@H]3OC(c4ccccc4)OC[C@@]23C)C2C(O)c3c(cc(-c4ccccn4)oc3=O)O[C@@]21C. The molecule has 0 spiro atoms. The molecule has 3 fully saturated rings. The zero-order valence-electron chi connectivity index (χ0n) is 27.6. The lowest BCUT2D eigenvalue weighted by Crippen LogP contribution is -2.72. The lowest BCUT2D eigenvalue weighted by Gasteiger charge is -2.67. The van der Waals surface area contributed by atoms with Crippen LogP contribution in [-0.4, -0.2) is 46.5 Å². The van der Waals surface area contributed by atoms with Crippen LogP contribution in [0.4, 0.5) is 0 Å². The largest absolute Gasteiger partial charge is 0.482 e. The molecule has 0 bridgehead atoms. The predicted octanol–water partition coefficient (Wildman–Crippen LogP) is 5.34. The first kappa shape index (κ1) is 32.0. The molecule has 4 aliphatic rings. The summed E-state index contributed by atoms with van der Waals surface area (Å²) < 4.78 is 31.9. The number of aliphatic hydroxyl groups is 1. The highest BCUT2D eigenvalue weighted by atomic mass is 16.7. The van der Waals surface area contributed by atoms with E-state index in [0.717, 1.165) is 12.0 Å². The number of hydrogen-bond donors (Lipinski definition) is 2. The summed E-state index contributed by atoms with van der Waals surface area (Å²) in [5.41, 5.74) is 4.83. The van der Waals surface area contributed by atoms with Crippen molar-refractivity contribution in [2.75, 3.05) is 6.61 Å². The minimum Gasteiger partial charge on any atom is -0.482 e. The van der Waals surface area contributed by atoms with E-state index in [-0.39, 0.29) is 35.0 Å². The highest BCUT2D eigenvalue weighted by molar-refractivity contribution is 5.76. The Bertz CT molecular complexity index is 1700. The number of aromatic nitrogens is 1. The molecule has 10 nitrogen and oxygen atoms in total. The lowest BCUT2D eigenvalue weighted by molar-refractivity contribution is -0.331. The van der Waals surface area contributed by atoms with Crippen LogP contribution in [0, 0.1) is 28.6 Å². The molecule has 0 amide bonds. The van der Waals surface area contributed by atoms with Crippen molar-refractivity contribution in [3.63, 3.8) is 0 Å². The molecule has 1 aromatic carbocycles. The van der Waals surface area contributed by atoms with Gasteiger partial charge in [0.2, 0.25) is 0 Å².